The Morgan fingerprint density at radius 3 is 1.61 bits per heavy atom. The maximum atomic E-state index is 4.99. The zero-order valence-electron chi connectivity index (χ0n) is 30.4. The molecule has 0 saturated heterocycles. The molecule has 11 rings (SSSR count). The third-order valence-electron chi connectivity index (χ3n) is 11.1. The molecule has 1 aliphatic heterocycles. The van der Waals surface area contributed by atoms with Crippen molar-refractivity contribution in [3.63, 3.8) is 0 Å². The smallest absolute Gasteiger partial charge is 0.164 e. The van der Waals surface area contributed by atoms with Gasteiger partial charge in [-0.15, -0.1) is 0 Å². The molecule has 1 unspecified atom stereocenters. The molecule has 9 aromatic rings. The van der Waals surface area contributed by atoms with E-state index in [1.54, 1.807) is 12.4 Å². The highest BCUT2D eigenvalue weighted by Gasteiger charge is 2.24. The molecular formula is C49H35N7. The Kier molecular flexibility index (Phi) is 7.55. The minimum atomic E-state index is 0.102. The summed E-state index contributed by atoms with van der Waals surface area (Å²) in [5, 5.41) is 8.25. The van der Waals surface area contributed by atoms with E-state index in [2.05, 4.69) is 159 Å². The molecular weight excluding hydrogens is 687 g/mol. The highest BCUT2D eigenvalue weighted by Crippen LogP contribution is 2.42. The Balaban J connectivity index is 1.06. The summed E-state index contributed by atoms with van der Waals surface area (Å²) >= 11 is 0. The minimum absolute atomic E-state index is 0.102. The zero-order valence-corrected chi connectivity index (χ0v) is 30.4. The third-order valence-corrected chi connectivity index (χ3v) is 11.1. The average Bonchev–Trinajstić information content (AvgIpc) is 3.80. The summed E-state index contributed by atoms with van der Waals surface area (Å²) in [5.41, 5.74) is 11.3. The molecule has 4 aromatic heterocycles. The molecule has 5 heterocycles. The van der Waals surface area contributed by atoms with Gasteiger partial charge in [-0.25, -0.2) is 15.0 Å². The largest absolute Gasteiger partial charge is 0.387 e. The van der Waals surface area contributed by atoms with E-state index in [1.807, 2.05) is 24.4 Å². The number of allylic oxidation sites excluding steroid dienone is 6. The van der Waals surface area contributed by atoms with Crippen LogP contribution in [-0.4, -0.2) is 35.6 Å². The second kappa shape index (κ2) is 13.2. The highest BCUT2D eigenvalue weighted by atomic mass is 15.0. The number of nitrogens with one attached hydrogen (secondary N) is 1. The number of rotatable bonds is 6. The van der Waals surface area contributed by atoms with Gasteiger partial charge in [0.05, 0.1) is 22.1 Å². The van der Waals surface area contributed by atoms with Gasteiger partial charge in [0.2, 0.25) is 0 Å². The molecule has 1 aliphatic carbocycles. The van der Waals surface area contributed by atoms with Crippen molar-refractivity contribution in [2.24, 2.45) is 0 Å². The summed E-state index contributed by atoms with van der Waals surface area (Å²) in [6.07, 6.45) is 15.3. The van der Waals surface area contributed by atoms with Gasteiger partial charge < -0.3 is 14.5 Å². The number of pyridine rings is 1. The fourth-order valence-corrected chi connectivity index (χ4v) is 8.47. The fourth-order valence-electron chi connectivity index (χ4n) is 8.47. The Morgan fingerprint density at radius 2 is 1.05 bits per heavy atom. The molecule has 7 nitrogen and oxygen atoms in total. The topological polar surface area (TPSA) is 73.5 Å². The fraction of sp³-hybridized carbons (Fsp3) is 0.0612. The molecule has 266 valence electrons. The van der Waals surface area contributed by atoms with Gasteiger partial charge in [-0.2, -0.15) is 0 Å². The molecule has 1 N–H and O–H groups in total. The first kappa shape index (κ1) is 32.1. The minimum Gasteiger partial charge on any atom is -0.387 e. The van der Waals surface area contributed by atoms with Crippen LogP contribution in [0.4, 0.5) is 0 Å². The Morgan fingerprint density at radius 1 is 0.536 bits per heavy atom. The summed E-state index contributed by atoms with van der Waals surface area (Å²) in [4.78, 5) is 19.0. The first-order chi connectivity index (χ1) is 27.8. The normalized spacial score (nSPS) is 15.6. The van der Waals surface area contributed by atoms with Gasteiger partial charge in [0, 0.05) is 74.5 Å². The number of fused-ring (bicyclic) bond motifs is 6. The second-order valence-electron chi connectivity index (χ2n) is 14.3. The lowest BCUT2D eigenvalue weighted by atomic mass is 9.88. The lowest BCUT2D eigenvalue weighted by molar-refractivity contribution is 0.833. The molecule has 56 heavy (non-hydrogen) atoms. The van der Waals surface area contributed by atoms with E-state index in [9.17, 15) is 0 Å². The van der Waals surface area contributed by atoms with Crippen LogP contribution in [0.15, 0.2) is 176 Å². The van der Waals surface area contributed by atoms with Crippen LogP contribution in [0, 0.1) is 0 Å². The standard InChI is InChI=1S/C49H35N7/c1-5-13-43-39(9-1)40-10-2-6-14-44(40)55(43)37-29-36(30-38(31-37)56-45-15-7-3-11-41(45)42-12-4-8-16-46(42)56)32-17-19-33(20-18-32)47-52-48(34-21-25-50-26-22-34)54-49(53-47)35-23-27-51-28-24-35/h1-27,29,31,36,51H,28,30H2. The summed E-state index contributed by atoms with van der Waals surface area (Å²) in [7, 11) is 0. The molecule has 0 bridgehead atoms. The molecule has 7 heteroatoms. The van der Waals surface area contributed by atoms with Crippen LogP contribution in [0.3, 0.4) is 0 Å². The van der Waals surface area contributed by atoms with E-state index in [1.165, 1.54) is 54.9 Å². The number of nitrogens with zero attached hydrogens (tertiary/aromatic N) is 6. The Bertz CT molecular complexity index is 3000. The Labute approximate surface area is 323 Å². The maximum Gasteiger partial charge on any atom is 0.164 e. The SMILES string of the molecule is C1=CC(c2nc(-c3ccncc3)nc(-c3ccc(C4C=C(n5c6ccccc6c6ccccc65)C=C(n5c6ccccc6c6ccccc65)C4)cc3)n2)=CCN1. The molecule has 0 fully saturated rings. The summed E-state index contributed by atoms with van der Waals surface area (Å²) in [6, 6.07) is 47.7. The van der Waals surface area contributed by atoms with E-state index >= 15 is 0 Å². The van der Waals surface area contributed by atoms with E-state index in [4.69, 9.17) is 15.0 Å². The average molecular weight is 722 g/mol. The molecule has 2 aliphatic rings. The predicted molar refractivity (Wildman–Crippen MR) is 228 cm³/mol. The van der Waals surface area contributed by atoms with Crippen LogP contribution in [-0.2, 0) is 0 Å². The number of dihydropyridines is 1. The van der Waals surface area contributed by atoms with Crippen molar-refractivity contribution in [1.82, 2.24) is 34.4 Å². The van der Waals surface area contributed by atoms with E-state index in [0.717, 1.165) is 35.4 Å². The summed E-state index contributed by atoms with van der Waals surface area (Å²) < 4.78 is 4.92. The number of para-hydroxylation sites is 4. The van der Waals surface area contributed by atoms with Gasteiger partial charge in [-0.1, -0.05) is 109 Å². The molecule has 0 radical (unpaired) electrons. The molecule has 0 saturated carbocycles. The van der Waals surface area contributed by atoms with Crippen molar-refractivity contribution in [2.75, 3.05) is 6.54 Å². The van der Waals surface area contributed by atoms with Gasteiger partial charge in [0.25, 0.3) is 0 Å². The lowest BCUT2D eigenvalue weighted by Gasteiger charge is -2.25. The molecule has 1 atom stereocenters. The third kappa shape index (κ3) is 5.35. The number of hydrogen-bond donors (Lipinski definition) is 1. The van der Waals surface area contributed by atoms with Gasteiger partial charge in [0.15, 0.2) is 17.5 Å². The van der Waals surface area contributed by atoms with Crippen LogP contribution in [0.1, 0.15) is 23.7 Å². The van der Waals surface area contributed by atoms with Crippen LogP contribution in [0.2, 0.25) is 0 Å². The molecule has 0 amide bonds. The first-order valence-corrected chi connectivity index (χ1v) is 19.0. The first-order valence-electron chi connectivity index (χ1n) is 19.0. The Hall–Kier alpha value is -7.38. The van der Waals surface area contributed by atoms with Crippen LogP contribution in [0.25, 0.3) is 83.4 Å². The number of hydrogen-bond acceptors (Lipinski definition) is 5. The van der Waals surface area contributed by atoms with Gasteiger partial charge in [-0.3, -0.25) is 4.98 Å². The van der Waals surface area contributed by atoms with E-state index in [-0.39, 0.29) is 5.92 Å². The maximum absolute atomic E-state index is 4.99. The van der Waals surface area contributed by atoms with Gasteiger partial charge in [-0.05, 0) is 66.7 Å². The number of aromatic nitrogens is 6. The highest BCUT2D eigenvalue weighted by molar-refractivity contribution is 6.12. The van der Waals surface area contributed by atoms with Crippen LogP contribution in [0.5, 0.6) is 0 Å². The van der Waals surface area contributed by atoms with Crippen molar-refractivity contribution in [2.45, 2.75) is 12.3 Å². The van der Waals surface area contributed by atoms with Crippen molar-refractivity contribution >= 4 is 60.6 Å². The summed E-state index contributed by atoms with van der Waals surface area (Å²) in [6.45, 7) is 0.725. The molecule has 5 aromatic carbocycles. The van der Waals surface area contributed by atoms with E-state index < -0.39 is 0 Å². The van der Waals surface area contributed by atoms with Crippen molar-refractivity contribution in [1.29, 1.82) is 0 Å². The van der Waals surface area contributed by atoms with Crippen LogP contribution < -0.4 is 5.32 Å². The second-order valence-corrected chi connectivity index (χ2v) is 14.3. The number of benzene rings is 5. The van der Waals surface area contributed by atoms with Crippen molar-refractivity contribution in [3.05, 3.63) is 188 Å². The van der Waals surface area contributed by atoms with Crippen molar-refractivity contribution in [3.8, 4) is 22.8 Å². The zero-order chi connectivity index (χ0) is 37.0. The summed E-state index contributed by atoms with van der Waals surface area (Å²) in [5.74, 6) is 2.01. The van der Waals surface area contributed by atoms with Crippen molar-refractivity contribution < 1.29 is 0 Å². The lowest BCUT2D eigenvalue weighted by Crippen LogP contribution is -2.11. The predicted octanol–water partition coefficient (Wildman–Crippen LogP) is 10.9. The quantitative estimate of drug-likeness (QED) is 0.185. The van der Waals surface area contributed by atoms with Crippen LogP contribution >= 0.6 is 0 Å². The monoisotopic (exact) mass is 721 g/mol. The van der Waals surface area contributed by atoms with Gasteiger partial charge in [0.1, 0.15) is 0 Å². The van der Waals surface area contributed by atoms with Gasteiger partial charge >= 0.3 is 0 Å². The van der Waals surface area contributed by atoms with E-state index in [0.29, 0.717) is 17.5 Å². The molecule has 0 spiro atoms.